The van der Waals surface area contributed by atoms with Crippen LogP contribution in [0.5, 0.6) is 5.75 Å². The molecule has 0 spiro atoms. The summed E-state index contributed by atoms with van der Waals surface area (Å²) in [7, 11) is 0. The quantitative estimate of drug-likeness (QED) is 0.221. The smallest absolute Gasteiger partial charge is 0.305 e. The maximum absolute atomic E-state index is 14.0. The first kappa shape index (κ1) is 27.8. The lowest BCUT2D eigenvalue weighted by atomic mass is 9.68. The molecule has 11 heteroatoms. The van der Waals surface area contributed by atoms with Gasteiger partial charge in [-0.05, 0) is 84.3 Å². The fourth-order valence-corrected chi connectivity index (χ4v) is 11.3. The molecule has 8 rings (SSSR count). The molecule has 7 atom stereocenters. The van der Waals surface area contributed by atoms with Gasteiger partial charge in [0.2, 0.25) is 11.8 Å². The molecule has 3 aromatic carbocycles. The van der Waals surface area contributed by atoms with Gasteiger partial charge >= 0.3 is 4.87 Å². The fraction of sp³-hybridized carbons (Fsp3) is 0.281. The first-order valence-electron chi connectivity index (χ1n) is 14.0. The van der Waals surface area contributed by atoms with E-state index in [0.29, 0.717) is 33.1 Å². The van der Waals surface area contributed by atoms with Crippen molar-refractivity contribution in [2.45, 2.75) is 29.2 Å². The van der Waals surface area contributed by atoms with Gasteiger partial charge in [0.15, 0.2) is 0 Å². The van der Waals surface area contributed by atoms with Crippen LogP contribution in [0.25, 0.3) is 0 Å². The van der Waals surface area contributed by atoms with Crippen LogP contribution < -0.4 is 14.5 Å². The Hall–Kier alpha value is -2.75. The Bertz CT molecular complexity index is 1860. The zero-order chi connectivity index (χ0) is 29.6. The normalized spacial score (nSPS) is 28.6. The number of aromatic amines is 1. The van der Waals surface area contributed by atoms with Crippen molar-refractivity contribution >= 4 is 75.4 Å². The summed E-state index contributed by atoms with van der Waals surface area (Å²) in [5.74, 6) is -0.642. The van der Waals surface area contributed by atoms with Crippen molar-refractivity contribution in [2.75, 3.05) is 4.90 Å². The Morgan fingerprint density at radius 2 is 1.58 bits per heavy atom. The van der Waals surface area contributed by atoms with E-state index in [1.54, 1.807) is 42.1 Å². The van der Waals surface area contributed by atoms with Gasteiger partial charge in [0.05, 0.1) is 22.5 Å². The molecule has 2 aliphatic heterocycles. The number of aromatic nitrogens is 1. The number of anilines is 1. The molecule has 6 nitrogen and oxygen atoms in total. The summed E-state index contributed by atoms with van der Waals surface area (Å²) < 4.78 is 6.40. The number of hydrogen-bond acceptors (Lipinski definition) is 6. The van der Waals surface area contributed by atoms with E-state index in [9.17, 15) is 14.4 Å². The molecule has 6 unspecified atom stereocenters. The van der Waals surface area contributed by atoms with E-state index >= 15 is 0 Å². The third-order valence-corrected chi connectivity index (χ3v) is 12.7. The number of rotatable bonds is 5. The van der Waals surface area contributed by atoms with Crippen molar-refractivity contribution in [1.82, 2.24) is 4.98 Å². The number of ether oxygens (including phenoxy) is 1. The highest BCUT2D eigenvalue weighted by atomic mass is 35.5. The number of thioether (sulfide) groups is 1. The molecule has 1 aromatic heterocycles. The van der Waals surface area contributed by atoms with Crippen LogP contribution in [-0.4, -0.2) is 22.0 Å². The molecule has 2 aliphatic carbocycles. The maximum Gasteiger partial charge on any atom is 0.305 e. The van der Waals surface area contributed by atoms with E-state index in [-0.39, 0.29) is 51.5 Å². The number of halogens is 3. The molecule has 4 aliphatic rings. The molecule has 2 bridgehead atoms. The van der Waals surface area contributed by atoms with Crippen molar-refractivity contribution in [2.24, 2.45) is 29.6 Å². The highest BCUT2D eigenvalue weighted by Crippen LogP contribution is 2.69. The van der Waals surface area contributed by atoms with Gasteiger partial charge in [-0.3, -0.25) is 19.3 Å². The van der Waals surface area contributed by atoms with E-state index in [2.05, 4.69) is 4.98 Å². The van der Waals surface area contributed by atoms with Crippen molar-refractivity contribution in [3.05, 3.63) is 107 Å². The van der Waals surface area contributed by atoms with Crippen LogP contribution in [0, 0.1) is 29.6 Å². The SMILES string of the molecule is O=C1C2C3CC(C2C(=O)N1c1ccc(Cl)cc1)C1C3Sc2[nH]c(=O)sc2[C@@H]1c1cc(Cl)ccc1OCc1cccc(Cl)c1. The molecule has 3 heterocycles. The standard InChI is InChI=1S/C32H23Cl3N2O4S2/c33-15-4-7-18(8-5-15)37-30(38)25-20-12-21(26(25)31(37)39)27-24(20)23(28-29(42-27)36-32(40)43-28)19-11-17(35)6-9-22(19)41-13-14-2-1-3-16(34)10-14/h1-11,20-21,23-27H,12-13H2,(H,36,40)/t20?,21?,23-,24?,25?,26?,27?/m1/s1. The van der Waals surface area contributed by atoms with E-state index in [4.69, 9.17) is 39.5 Å². The summed E-state index contributed by atoms with van der Waals surface area (Å²) in [6, 6.07) is 20.0. The number of amides is 2. The molecule has 4 aromatic rings. The number of H-pyrrole nitrogens is 1. The number of hydrogen-bond donors (Lipinski definition) is 1. The van der Waals surface area contributed by atoms with Crippen molar-refractivity contribution in [3.8, 4) is 5.75 Å². The van der Waals surface area contributed by atoms with Crippen LogP contribution in [0.1, 0.15) is 28.3 Å². The number of benzene rings is 3. The minimum Gasteiger partial charge on any atom is -0.489 e. The van der Waals surface area contributed by atoms with Gasteiger partial charge in [-0.25, -0.2) is 0 Å². The predicted molar refractivity (Wildman–Crippen MR) is 170 cm³/mol. The van der Waals surface area contributed by atoms with Crippen LogP contribution in [-0.2, 0) is 16.2 Å². The molecule has 43 heavy (non-hydrogen) atoms. The van der Waals surface area contributed by atoms with Crippen LogP contribution >= 0.6 is 57.9 Å². The maximum atomic E-state index is 14.0. The van der Waals surface area contributed by atoms with E-state index in [0.717, 1.165) is 27.5 Å². The van der Waals surface area contributed by atoms with Gasteiger partial charge in [-0.1, -0.05) is 58.3 Å². The molecule has 218 valence electrons. The molecule has 1 N–H and O–H groups in total. The van der Waals surface area contributed by atoms with Crippen LogP contribution in [0.3, 0.4) is 0 Å². The highest BCUT2D eigenvalue weighted by molar-refractivity contribution is 8.00. The Labute approximate surface area is 270 Å². The lowest BCUT2D eigenvalue weighted by Crippen LogP contribution is -2.42. The summed E-state index contributed by atoms with van der Waals surface area (Å²) >= 11 is 21.8. The number of thiazole rings is 1. The van der Waals surface area contributed by atoms with Gasteiger partial charge in [0.1, 0.15) is 12.4 Å². The second-order valence-electron chi connectivity index (χ2n) is 11.5. The molecular formula is C32H23Cl3N2O4S2. The minimum absolute atomic E-state index is 0.00724. The topological polar surface area (TPSA) is 79.5 Å². The van der Waals surface area contributed by atoms with Crippen LogP contribution in [0.2, 0.25) is 15.1 Å². The van der Waals surface area contributed by atoms with Crippen molar-refractivity contribution in [3.63, 3.8) is 0 Å². The van der Waals surface area contributed by atoms with Gasteiger partial charge in [0, 0.05) is 36.7 Å². The number of carbonyl (C=O) groups excluding carboxylic acids is 2. The zero-order valence-corrected chi connectivity index (χ0v) is 26.2. The first-order valence-corrected chi connectivity index (χ1v) is 16.8. The largest absolute Gasteiger partial charge is 0.489 e. The molecule has 2 amide bonds. The predicted octanol–water partition coefficient (Wildman–Crippen LogP) is 7.65. The molecular weight excluding hydrogens is 647 g/mol. The van der Waals surface area contributed by atoms with Crippen LogP contribution in [0.4, 0.5) is 5.69 Å². The zero-order valence-electron chi connectivity index (χ0n) is 22.3. The third-order valence-electron chi connectivity index (χ3n) is 9.40. The van der Waals surface area contributed by atoms with Gasteiger partial charge < -0.3 is 9.72 Å². The average molecular weight is 670 g/mol. The fourth-order valence-electron chi connectivity index (χ4n) is 7.89. The highest BCUT2D eigenvalue weighted by Gasteiger charge is 2.69. The van der Waals surface area contributed by atoms with Gasteiger partial charge in [-0.15, -0.1) is 11.8 Å². The van der Waals surface area contributed by atoms with Crippen molar-refractivity contribution < 1.29 is 14.3 Å². The average Bonchev–Trinajstić information content (AvgIpc) is 3.72. The van der Waals surface area contributed by atoms with Crippen LogP contribution in [0.15, 0.2) is 76.6 Å². The van der Waals surface area contributed by atoms with Gasteiger partial charge in [-0.2, -0.15) is 0 Å². The molecule has 2 saturated carbocycles. The minimum atomic E-state index is -0.412. The molecule has 3 fully saturated rings. The number of nitrogens with one attached hydrogen (secondary N) is 1. The van der Waals surface area contributed by atoms with Crippen molar-refractivity contribution in [1.29, 1.82) is 0 Å². The van der Waals surface area contributed by atoms with E-state index < -0.39 is 5.92 Å². The number of imide groups is 1. The summed E-state index contributed by atoms with van der Waals surface area (Å²) in [4.78, 5) is 45.8. The summed E-state index contributed by atoms with van der Waals surface area (Å²) in [5.41, 5.74) is 2.37. The Kier molecular flexibility index (Phi) is 6.73. The lowest BCUT2D eigenvalue weighted by Gasteiger charge is -2.43. The van der Waals surface area contributed by atoms with E-state index in [1.165, 1.54) is 16.2 Å². The summed E-state index contributed by atoms with van der Waals surface area (Å²) in [6.45, 7) is 0.306. The first-order chi connectivity index (χ1) is 20.8. The number of fused-ring (bicyclic) bond motifs is 9. The summed E-state index contributed by atoms with van der Waals surface area (Å²) in [5, 5.41) is 2.62. The lowest BCUT2D eigenvalue weighted by molar-refractivity contribution is -0.123. The second-order valence-corrected chi connectivity index (χ2v) is 15.1. The molecule has 0 radical (unpaired) electrons. The monoisotopic (exact) mass is 668 g/mol. The number of nitrogens with zero attached hydrogens (tertiary/aromatic N) is 1. The van der Waals surface area contributed by atoms with E-state index in [1.807, 2.05) is 36.4 Å². The Morgan fingerprint density at radius 1 is 0.860 bits per heavy atom. The number of carbonyl (C=O) groups is 2. The third kappa shape index (κ3) is 4.40. The Morgan fingerprint density at radius 3 is 2.35 bits per heavy atom. The second kappa shape index (κ2) is 10.4. The Balaban J connectivity index is 1.20. The molecule has 1 saturated heterocycles. The van der Waals surface area contributed by atoms with Gasteiger partial charge in [0.25, 0.3) is 0 Å². The summed E-state index contributed by atoms with van der Waals surface area (Å²) in [6.07, 6.45) is 0.790.